The molecule has 0 aliphatic carbocycles. The molecule has 0 aliphatic rings. The Hall–Kier alpha value is -1.77. The molecule has 0 unspecified atom stereocenters. The van der Waals surface area contributed by atoms with Crippen LogP contribution in [0.15, 0.2) is 36.8 Å². The van der Waals surface area contributed by atoms with Crippen molar-refractivity contribution in [3.05, 3.63) is 36.8 Å². The Morgan fingerprint density at radius 3 is 2.86 bits per heavy atom. The number of rotatable bonds is 2. The highest BCUT2D eigenvalue weighted by atomic mass is 14.9. The molecule has 2 rings (SSSR count). The predicted molar refractivity (Wildman–Crippen MR) is 58.2 cm³/mol. The average molecular weight is 187 g/mol. The molecule has 2 heterocycles. The minimum absolute atomic E-state index is 1.03. The molecule has 14 heavy (non-hydrogen) atoms. The van der Waals surface area contributed by atoms with E-state index in [-0.39, 0.29) is 0 Å². The van der Waals surface area contributed by atoms with Gasteiger partial charge in [-0.3, -0.25) is 4.98 Å². The summed E-state index contributed by atoms with van der Waals surface area (Å²) in [5.41, 5.74) is 3.34. The minimum Gasteiger partial charge on any atom is -0.387 e. The number of nitrogens with one attached hydrogen (secondary N) is 1. The number of hydrogen-bond acceptors (Lipinski definition) is 2. The van der Waals surface area contributed by atoms with Crippen LogP contribution in [0, 0.1) is 0 Å². The van der Waals surface area contributed by atoms with Crippen LogP contribution in [0.1, 0.15) is 0 Å². The lowest BCUT2D eigenvalue weighted by Gasteiger charge is -2.05. The van der Waals surface area contributed by atoms with Crippen LogP contribution in [0.5, 0.6) is 0 Å². The number of hydrogen-bond donors (Lipinski definition) is 1. The van der Waals surface area contributed by atoms with Gasteiger partial charge in [0.15, 0.2) is 0 Å². The summed E-state index contributed by atoms with van der Waals surface area (Å²) in [4.78, 5) is 4.18. The quantitative estimate of drug-likeness (QED) is 0.780. The van der Waals surface area contributed by atoms with Crippen molar-refractivity contribution in [2.45, 2.75) is 0 Å². The molecule has 0 fully saturated rings. The van der Waals surface area contributed by atoms with Crippen molar-refractivity contribution in [2.75, 3.05) is 12.4 Å². The topological polar surface area (TPSA) is 29.9 Å². The Bertz CT molecular complexity index is 432. The molecule has 3 nitrogen and oxygen atoms in total. The molecule has 0 saturated carbocycles. The Kier molecular flexibility index (Phi) is 2.23. The molecule has 0 bridgehead atoms. The zero-order valence-electron chi connectivity index (χ0n) is 8.36. The lowest BCUT2D eigenvalue weighted by Crippen LogP contribution is -1.93. The zero-order chi connectivity index (χ0) is 9.97. The van der Waals surface area contributed by atoms with E-state index >= 15 is 0 Å². The van der Waals surface area contributed by atoms with Gasteiger partial charge in [-0.05, 0) is 18.2 Å². The van der Waals surface area contributed by atoms with Gasteiger partial charge in [-0.25, -0.2) is 0 Å². The molecule has 0 aromatic carbocycles. The molecular weight excluding hydrogens is 174 g/mol. The van der Waals surface area contributed by atoms with Crippen LogP contribution >= 0.6 is 0 Å². The summed E-state index contributed by atoms with van der Waals surface area (Å²) in [6, 6.07) is 6.19. The Morgan fingerprint density at radius 2 is 2.21 bits per heavy atom. The van der Waals surface area contributed by atoms with Gasteiger partial charge in [0, 0.05) is 43.9 Å². The van der Waals surface area contributed by atoms with Gasteiger partial charge in [0.25, 0.3) is 0 Å². The van der Waals surface area contributed by atoms with Crippen molar-refractivity contribution in [2.24, 2.45) is 7.05 Å². The minimum atomic E-state index is 1.03. The van der Waals surface area contributed by atoms with Crippen molar-refractivity contribution in [3.8, 4) is 11.3 Å². The van der Waals surface area contributed by atoms with E-state index in [9.17, 15) is 0 Å². The monoisotopic (exact) mass is 187 g/mol. The second-order valence-electron chi connectivity index (χ2n) is 3.22. The van der Waals surface area contributed by atoms with Crippen LogP contribution in [0.25, 0.3) is 11.3 Å². The van der Waals surface area contributed by atoms with Gasteiger partial charge in [-0.2, -0.15) is 0 Å². The molecule has 0 amide bonds. The fourth-order valence-corrected chi connectivity index (χ4v) is 1.48. The van der Waals surface area contributed by atoms with Crippen LogP contribution in [0.3, 0.4) is 0 Å². The van der Waals surface area contributed by atoms with Gasteiger partial charge < -0.3 is 9.88 Å². The first-order valence-electron chi connectivity index (χ1n) is 4.56. The van der Waals surface area contributed by atoms with Crippen LogP contribution in [0.4, 0.5) is 5.69 Å². The summed E-state index contributed by atoms with van der Waals surface area (Å²) in [5.74, 6) is 0. The lowest BCUT2D eigenvalue weighted by molar-refractivity contribution is 0.936. The Labute approximate surface area is 83.4 Å². The van der Waals surface area contributed by atoms with Gasteiger partial charge in [0.1, 0.15) is 0 Å². The van der Waals surface area contributed by atoms with Crippen molar-refractivity contribution in [1.29, 1.82) is 0 Å². The highest BCUT2D eigenvalue weighted by molar-refractivity contribution is 5.63. The molecule has 3 heteroatoms. The molecule has 0 saturated heterocycles. The van der Waals surface area contributed by atoms with E-state index < -0.39 is 0 Å². The largest absolute Gasteiger partial charge is 0.387 e. The molecule has 2 aromatic heterocycles. The number of anilines is 1. The number of nitrogens with zero attached hydrogens (tertiary/aromatic N) is 2. The van der Waals surface area contributed by atoms with E-state index in [1.807, 2.05) is 38.8 Å². The smallest absolute Gasteiger partial charge is 0.0530 e. The van der Waals surface area contributed by atoms with Crippen LogP contribution < -0.4 is 5.32 Å². The van der Waals surface area contributed by atoms with Crippen LogP contribution in [-0.4, -0.2) is 16.6 Å². The molecule has 0 radical (unpaired) electrons. The van der Waals surface area contributed by atoms with Gasteiger partial charge in [0.2, 0.25) is 0 Å². The van der Waals surface area contributed by atoms with Crippen molar-refractivity contribution >= 4 is 5.69 Å². The highest BCUT2D eigenvalue weighted by Gasteiger charge is 2.01. The van der Waals surface area contributed by atoms with E-state index in [1.54, 1.807) is 0 Å². The SMILES string of the molecule is CNc1cncc(-c2cccn2C)c1. The van der Waals surface area contributed by atoms with Crippen LogP contribution in [-0.2, 0) is 7.05 Å². The van der Waals surface area contributed by atoms with E-state index in [1.165, 1.54) is 5.69 Å². The molecule has 1 N–H and O–H groups in total. The van der Waals surface area contributed by atoms with Crippen molar-refractivity contribution < 1.29 is 0 Å². The summed E-state index contributed by atoms with van der Waals surface area (Å²) in [5, 5.41) is 3.08. The van der Waals surface area contributed by atoms with Crippen molar-refractivity contribution in [3.63, 3.8) is 0 Å². The van der Waals surface area contributed by atoms with Crippen molar-refractivity contribution in [1.82, 2.24) is 9.55 Å². The fourth-order valence-electron chi connectivity index (χ4n) is 1.48. The van der Waals surface area contributed by atoms with E-state index in [0.29, 0.717) is 0 Å². The third-order valence-corrected chi connectivity index (χ3v) is 2.27. The molecule has 0 spiro atoms. The summed E-state index contributed by atoms with van der Waals surface area (Å²) in [6.07, 6.45) is 5.71. The molecule has 2 aromatic rings. The van der Waals surface area contributed by atoms with Gasteiger partial charge >= 0.3 is 0 Å². The first-order valence-corrected chi connectivity index (χ1v) is 4.56. The summed E-state index contributed by atoms with van der Waals surface area (Å²) in [7, 11) is 3.92. The molecular formula is C11H13N3. The van der Waals surface area contributed by atoms with E-state index in [2.05, 4.69) is 27.0 Å². The first-order chi connectivity index (χ1) is 6.81. The van der Waals surface area contributed by atoms with Gasteiger partial charge in [-0.1, -0.05) is 0 Å². The summed E-state index contributed by atoms with van der Waals surface area (Å²) >= 11 is 0. The molecule has 0 atom stereocenters. The zero-order valence-corrected chi connectivity index (χ0v) is 8.36. The maximum absolute atomic E-state index is 4.18. The normalized spacial score (nSPS) is 10.1. The lowest BCUT2D eigenvalue weighted by atomic mass is 10.2. The average Bonchev–Trinajstić information content (AvgIpc) is 2.65. The number of pyridine rings is 1. The second-order valence-corrected chi connectivity index (χ2v) is 3.22. The second kappa shape index (κ2) is 3.54. The maximum atomic E-state index is 4.18. The van der Waals surface area contributed by atoms with Crippen LogP contribution in [0.2, 0.25) is 0 Å². The number of aryl methyl sites for hydroxylation is 1. The third-order valence-electron chi connectivity index (χ3n) is 2.27. The highest BCUT2D eigenvalue weighted by Crippen LogP contribution is 2.20. The third kappa shape index (κ3) is 1.48. The van der Waals surface area contributed by atoms with Gasteiger partial charge in [0.05, 0.1) is 5.69 Å². The molecule has 72 valence electrons. The fraction of sp³-hybridized carbons (Fsp3) is 0.182. The van der Waals surface area contributed by atoms with E-state index in [0.717, 1.165) is 11.3 Å². The summed E-state index contributed by atoms with van der Waals surface area (Å²) < 4.78 is 2.08. The Morgan fingerprint density at radius 1 is 1.36 bits per heavy atom. The standard InChI is InChI=1S/C11H13N3/c1-12-10-6-9(7-13-8-10)11-4-3-5-14(11)2/h3-8,12H,1-2H3. The maximum Gasteiger partial charge on any atom is 0.0530 e. The summed E-state index contributed by atoms with van der Waals surface area (Å²) in [6.45, 7) is 0. The first kappa shape index (κ1) is 8.81. The van der Waals surface area contributed by atoms with Gasteiger partial charge in [-0.15, -0.1) is 0 Å². The number of aromatic nitrogens is 2. The van der Waals surface area contributed by atoms with E-state index in [4.69, 9.17) is 0 Å². The predicted octanol–water partition coefficient (Wildman–Crippen LogP) is 2.13. The Balaban J connectivity index is 2.47. The molecule has 0 aliphatic heterocycles.